The van der Waals surface area contributed by atoms with Crippen molar-refractivity contribution in [2.24, 2.45) is 13.0 Å². The number of amides is 1. The van der Waals surface area contributed by atoms with Crippen LogP contribution in [0.4, 0.5) is 0 Å². The quantitative estimate of drug-likeness (QED) is 0.829. The number of nitrogens with zero attached hydrogens (tertiary/aromatic N) is 3. The van der Waals surface area contributed by atoms with Crippen LogP contribution in [0.1, 0.15) is 47.3 Å². The first-order chi connectivity index (χ1) is 13.2. The normalized spacial score (nSPS) is 16.3. The van der Waals surface area contributed by atoms with E-state index in [2.05, 4.69) is 17.2 Å². The minimum absolute atomic E-state index is 0.211. The van der Waals surface area contributed by atoms with Crippen LogP contribution >= 0.6 is 0 Å². The van der Waals surface area contributed by atoms with Crippen molar-refractivity contribution in [2.75, 3.05) is 13.1 Å². The summed E-state index contributed by atoms with van der Waals surface area (Å²) in [5.41, 5.74) is 2.53. The van der Waals surface area contributed by atoms with Gasteiger partial charge in [0.05, 0.1) is 12.2 Å². The van der Waals surface area contributed by atoms with Crippen molar-refractivity contribution in [1.29, 1.82) is 0 Å². The van der Waals surface area contributed by atoms with Gasteiger partial charge >= 0.3 is 0 Å². The van der Waals surface area contributed by atoms with Crippen LogP contribution in [0, 0.1) is 19.8 Å². The molecule has 1 aliphatic rings. The van der Waals surface area contributed by atoms with Crippen LogP contribution in [0.25, 0.3) is 0 Å². The van der Waals surface area contributed by atoms with Crippen LogP contribution < -0.4 is 5.32 Å². The molecule has 7 nitrogen and oxygen atoms in total. The number of sulfonamides is 1. The summed E-state index contributed by atoms with van der Waals surface area (Å²) in [6.45, 7) is 7.11. The lowest BCUT2D eigenvalue weighted by Crippen LogP contribution is -2.38. The van der Waals surface area contributed by atoms with E-state index in [1.54, 1.807) is 18.5 Å². The van der Waals surface area contributed by atoms with Gasteiger partial charge < -0.3 is 9.88 Å². The number of carbonyl (C=O) groups is 1. The number of piperidine rings is 1. The maximum absolute atomic E-state index is 13.1. The number of nitrogens with one attached hydrogen (secondary N) is 1. The zero-order valence-corrected chi connectivity index (χ0v) is 17.7. The molecule has 1 N–H and O–H groups in total. The van der Waals surface area contributed by atoms with E-state index in [0.29, 0.717) is 30.4 Å². The van der Waals surface area contributed by atoms with Crippen molar-refractivity contribution in [3.63, 3.8) is 0 Å². The van der Waals surface area contributed by atoms with E-state index >= 15 is 0 Å². The van der Waals surface area contributed by atoms with Crippen LogP contribution in [-0.2, 0) is 23.6 Å². The van der Waals surface area contributed by atoms with Crippen LogP contribution in [0.15, 0.2) is 29.2 Å². The largest absolute Gasteiger partial charge is 0.345 e. The number of aromatic nitrogens is 2. The molecule has 1 amide bonds. The summed E-state index contributed by atoms with van der Waals surface area (Å²) in [5, 5.41) is 2.83. The van der Waals surface area contributed by atoms with Gasteiger partial charge in [0.25, 0.3) is 5.91 Å². The highest BCUT2D eigenvalue weighted by atomic mass is 32.2. The second-order valence-electron chi connectivity index (χ2n) is 7.58. The van der Waals surface area contributed by atoms with Crippen molar-refractivity contribution < 1.29 is 13.2 Å². The Balaban J connectivity index is 1.79. The van der Waals surface area contributed by atoms with Gasteiger partial charge in [-0.3, -0.25) is 9.78 Å². The Morgan fingerprint density at radius 2 is 1.93 bits per heavy atom. The summed E-state index contributed by atoms with van der Waals surface area (Å²) >= 11 is 0. The molecule has 3 heterocycles. The molecule has 0 aliphatic carbocycles. The van der Waals surface area contributed by atoms with Gasteiger partial charge in [-0.1, -0.05) is 13.0 Å². The predicted octanol–water partition coefficient (Wildman–Crippen LogP) is 2.39. The van der Waals surface area contributed by atoms with Crippen molar-refractivity contribution in [1.82, 2.24) is 19.2 Å². The van der Waals surface area contributed by atoms with E-state index in [0.717, 1.165) is 24.2 Å². The molecule has 0 spiro atoms. The molecule has 0 radical (unpaired) electrons. The first kappa shape index (κ1) is 20.5. The molecule has 3 rings (SSSR count). The van der Waals surface area contributed by atoms with Gasteiger partial charge in [0.15, 0.2) is 0 Å². The molecule has 8 heteroatoms. The van der Waals surface area contributed by atoms with Gasteiger partial charge in [0.2, 0.25) is 10.0 Å². The third kappa shape index (κ3) is 4.12. The molecule has 152 valence electrons. The van der Waals surface area contributed by atoms with Crippen LogP contribution in [0.5, 0.6) is 0 Å². The number of rotatable bonds is 5. The van der Waals surface area contributed by atoms with Crippen LogP contribution in [-0.4, -0.2) is 41.3 Å². The summed E-state index contributed by atoms with van der Waals surface area (Å²) in [7, 11) is -1.89. The Morgan fingerprint density at radius 3 is 2.57 bits per heavy atom. The maximum Gasteiger partial charge on any atom is 0.268 e. The monoisotopic (exact) mass is 404 g/mol. The zero-order chi connectivity index (χ0) is 20.5. The Hall–Kier alpha value is -2.19. The summed E-state index contributed by atoms with van der Waals surface area (Å²) in [5.74, 6) is 0.225. The molecule has 0 bridgehead atoms. The lowest BCUT2D eigenvalue weighted by atomic mass is 10.0. The molecule has 2 aromatic rings. The Morgan fingerprint density at radius 1 is 1.25 bits per heavy atom. The molecule has 1 fully saturated rings. The fourth-order valence-electron chi connectivity index (χ4n) is 3.47. The van der Waals surface area contributed by atoms with Gasteiger partial charge in [-0.2, -0.15) is 4.31 Å². The Bertz CT molecular complexity index is 973. The lowest BCUT2D eigenvalue weighted by Gasteiger charge is -2.29. The molecular formula is C20H28N4O3S. The SMILES string of the molecule is Cc1cccc(CNC(=O)c2cc(S(=O)(=O)N3CCC(C)CC3)c(C)n2C)n1. The average Bonchev–Trinajstić information content (AvgIpc) is 2.96. The summed E-state index contributed by atoms with van der Waals surface area (Å²) in [6, 6.07) is 7.11. The molecule has 0 saturated carbocycles. The van der Waals surface area contributed by atoms with Crippen molar-refractivity contribution in [3.8, 4) is 0 Å². The maximum atomic E-state index is 13.1. The highest BCUT2D eigenvalue weighted by Crippen LogP contribution is 2.27. The van der Waals surface area contributed by atoms with Gasteiger partial charge in [0, 0.05) is 31.5 Å². The van der Waals surface area contributed by atoms with Gasteiger partial charge in [0.1, 0.15) is 10.6 Å². The van der Waals surface area contributed by atoms with Crippen molar-refractivity contribution >= 4 is 15.9 Å². The number of carbonyl (C=O) groups excluding carboxylic acids is 1. The fraction of sp³-hybridized carbons (Fsp3) is 0.500. The second kappa shape index (κ2) is 8.05. The van der Waals surface area contributed by atoms with Gasteiger partial charge in [-0.25, -0.2) is 8.42 Å². The minimum atomic E-state index is -3.60. The minimum Gasteiger partial charge on any atom is -0.345 e. The fourth-order valence-corrected chi connectivity index (χ4v) is 5.21. The first-order valence-electron chi connectivity index (χ1n) is 9.57. The molecule has 1 aliphatic heterocycles. The van der Waals surface area contributed by atoms with Gasteiger partial charge in [-0.15, -0.1) is 0 Å². The molecule has 28 heavy (non-hydrogen) atoms. The predicted molar refractivity (Wildman–Crippen MR) is 107 cm³/mol. The lowest BCUT2D eigenvalue weighted by molar-refractivity contribution is 0.0942. The average molecular weight is 405 g/mol. The third-order valence-corrected chi connectivity index (χ3v) is 7.47. The molecule has 0 atom stereocenters. The number of hydrogen-bond acceptors (Lipinski definition) is 4. The molecular weight excluding hydrogens is 376 g/mol. The summed E-state index contributed by atoms with van der Waals surface area (Å²) < 4.78 is 29.4. The van der Waals surface area contributed by atoms with Crippen molar-refractivity contribution in [3.05, 3.63) is 47.0 Å². The Labute approximate surface area is 166 Å². The van der Waals surface area contributed by atoms with Crippen LogP contribution in [0.2, 0.25) is 0 Å². The van der Waals surface area contributed by atoms with E-state index in [9.17, 15) is 13.2 Å². The second-order valence-corrected chi connectivity index (χ2v) is 9.48. The smallest absolute Gasteiger partial charge is 0.268 e. The topological polar surface area (TPSA) is 84.3 Å². The summed E-state index contributed by atoms with van der Waals surface area (Å²) in [6.07, 6.45) is 1.73. The van der Waals surface area contributed by atoms with Crippen molar-refractivity contribution in [2.45, 2.75) is 45.1 Å². The van der Waals surface area contributed by atoms with E-state index in [-0.39, 0.29) is 17.3 Å². The standard InChI is InChI=1S/C20H28N4O3S/c1-14-8-10-24(11-9-14)28(26,27)19-12-18(23(4)16(19)3)20(25)21-13-17-7-5-6-15(2)22-17/h5-7,12,14H,8-11,13H2,1-4H3,(H,21,25). The van der Waals surface area contributed by atoms with Crippen LogP contribution in [0.3, 0.4) is 0 Å². The molecule has 0 unspecified atom stereocenters. The molecule has 0 aromatic carbocycles. The number of hydrogen-bond donors (Lipinski definition) is 1. The van der Waals surface area contributed by atoms with Gasteiger partial charge in [-0.05, 0) is 50.8 Å². The van der Waals surface area contributed by atoms with E-state index in [4.69, 9.17) is 0 Å². The van der Waals surface area contributed by atoms with E-state index in [1.807, 2.05) is 25.1 Å². The summed E-state index contributed by atoms with van der Waals surface area (Å²) in [4.78, 5) is 17.2. The molecule has 1 saturated heterocycles. The zero-order valence-electron chi connectivity index (χ0n) is 16.9. The number of pyridine rings is 1. The Kier molecular flexibility index (Phi) is 5.90. The number of aryl methyl sites for hydroxylation is 1. The van der Waals surface area contributed by atoms with E-state index in [1.165, 1.54) is 10.4 Å². The third-order valence-electron chi connectivity index (χ3n) is 5.46. The highest BCUT2D eigenvalue weighted by molar-refractivity contribution is 7.89. The van der Waals surface area contributed by atoms with E-state index < -0.39 is 10.0 Å². The highest BCUT2D eigenvalue weighted by Gasteiger charge is 2.32. The first-order valence-corrected chi connectivity index (χ1v) is 11.0. The molecule has 2 aromatic heterocycles.